The first-order valence-corrected chi connectivity index (χ1v) is 5.25. The second-order valence-electron chi connectivity index (χ2n) is 3.55. The quantitative estimate of drug-likeness (QED) is 0.792. The maximum atomic E-state index is 11.8. The van der Waals surface area contributed by atoms with E-state index in [2.05, 4.69) is 10.6 Å². The highest BCUT2D eigenvalue weighted by Crippen LogP contribution is 2.16. The average molecular weight is 206 g/mol. The van der Waals surface area contributed by atoms with Crippen molar-refractivity contribution in [3.8, 4) is 0 Å². The Morgan fingerprint density at radius 2 is 2.13 bits per heavy atom. The SMILES string of the molecule is CCCNC(=O)c1cc(C)ccc1NC. The van der Waals surface area contributed by atoms with Gasteiger partial charge in [0.2, 0.25) is 0 Å². The number of nitrogens with one attached hydrogen (secondary N) is 2. The van der Waals surface area contributed by atoms with Crippen molar-refractivity contribution in [2.45, 2.75) is 20.3 Å². The van der Waals surface area contributed by atoms with Crippen LogP contribution in [0.3, 0.4) is 0 Å². The van der Waals surface area contributed by atoms with Gasteiger partial charge in [0.1, 0.15) is 0 Å². The fraction of sp³-hybridized carbons (Fsp3) is 0.417. The highest BCUT2D eigenvalue weighted by atomic mass is 16.1. The minimum Gasteiger partial charge on any atom is -0.387 e. The number of rotatable bonds is 4. The monoisotopic (exact) mass is 206 g/mol. The Balaban J connectivity index is 2.90. The van der Waals surface area contributed by atoms with Crippen LogP contribution >= 0.6 is 0 Å². The number of anilines is 1. The lowest BCUT2D eigenvalue weighted by molar-refractivity contribution is 0.0954. The highest BCUT2D eigenvalue weighted by Gasteiger charge is 2.09. The molecular weight excluding hydrogens is 188 g/mol. The van der Waals surface area contributed by atoms with Gasteiger partial charge in [-0.2, -0.15) is 0 Å². The zero-order chi connectivity index (χ0) is 11.3. The van der Waals surface area contributed by atoms with Crippen molar-refractivity contribution >= 4 is 11.6 Å². The largest absolute Gasteiger partial charge is 0.387 e. The minimum atomic E-state index is -0.00935. The molecule has 0 aliphatic heterocycles. The van der Waals surface area contributed by atoms with Gasteiger partial charge in [-0.25, -0.2) is 0 Å². The lowest BCUT2D eigenvalue weighted by Crippen LogP contribution is -2.24. The van der Waals surface area contributed by atoms with Crippen LogP contribution in [0, 0.1) is 6.92 Å². The molecule has 0 aromatic heterocycles. The van der Waals surface area contributed by atoms with Gasteiger partial charge in [0.05, 0.1) is 5.56 Å². The summed E-state index contributed by atoms with van der Waals surface area (Å²) in [4.78, 5) is 11.8. The summed E-state index contributed by atoms with van der Waals surface area (Å²) in [5.74, 6) is -0.00935. The number of carbonyl (C=O) groups excluding carboxylic acids is 1. The van der Waals surface area contributed by atoms with Gasteiger partial charge in [0, 0.05) is 19.3 Å². The molecule has 0 aliphatic rings. The summed E-state index contributed by atoms with van der Waals surface area (Å²) in [5.41, 5.74) is 2.68. The van der Waals surface area contributed by atoms with Gasteiger partial charge in [-0.3, -0.25) is 4.79 Å². The Hall–Kier alpha value is -1.51. The van der Waals surface area contributed by atoms with Crippen molar-refractivity contribution in [1.29, 1.82) is 0 Å². The van der Waals surface area contributed by atoms with Gasteiger partial charge in [0.25, 0.3) is 5.91 Å². The minimum absolute atomic E-state index is 0.00935. The van der Waals surface area contributed by atoms with Gasteiger partial charge in [-0.05, 0) is 25.5 Å². The van der Waals surface area contributed by atoms with Crippen LogP contribution in [0.2, 0.25) is 0 Å². The van der Waals surface area contributed by atoms with Crippen LogP contribution in [0.1, 0.15) is 29.3 Å². The zero-order valence-corrected chi connectivity index (χ0v) is 9.55. The number of amides is 1. The Kier molecular flexibility index (Phi) is 4.16. The van der Waals surface area contributed by atoms with E-state index in [9.17, 15) is 4.79 Å². The van der Waals surface area contributed by atoms with E-state index >= 15 is 0 Å². The first kappa shape index (κ1) is 11.6. The van der Waals surface area contributed by atoms with Crippen LogP contribution in [0.15, 0.2) is 18.2 Å². The lowest BCUT2D eigenvalue weighted by Gasteiger charge is -2.10. The van der Waals surface area contributed by atoms with Crippen LogP contribution in [-0.4, -0.2) is 19.5 Å². The van der Waals surface area contributed by atoms with Gasteiger partial charge in [0.15, 0.2) is 0 Å². The lowest BCUT2D eigenvalue weighted by atomic mass is 10.1. The number of carbonyl (C=O) groups is 1. The van der Waals surface area contributed by atoms with E-state index in [1.54, 1.807) is 0 Å². The molecule has 0 fully saturated rings. The second kappa shape index (κ2) is 5.39. The van der Waals surface area contributed by atoms with Crippen molar-refractivity contribution in [3.63, 3.8) is 0 Å². The maximum Gasteiger partial charge on any atom is 0.253 e. The molecule has 1 amide bonds. The molecule has 0 heterocycles. The molecule has 0 radical (unpaired) electrons. The summed E-state index contributed by atoms with van der Waals surface area (Å²) >= 11 is 0. The third-order valence-electron chi connectivity index (χ3n) is 2.22. The number of aryl methyl sites for hydroxylation is 1. The normalized spacial score (nSPS) is 9.80. The molecule has 0 aliphatic carbocycles. The molecule has 0 saturated heterocycles. The fourth-order valence-electron chi connectivity index (χ4n) is 1.40. The van der Waals surface area contributed by atoms with Crippen LogP contribution < -0.4 is 10.6 Å². The smallest absolute Gasteiger partial charge is 0.253 e. The van der Waals surface area contributed by atoms with Gasteiger partial charge >= 0.3 is 0 Å². The predicted molar refractivity (Wildman–Crippen MR) is 63.3 cm³/mol. The van der Waals surface area contributed by atoms with Crippen LogP contribution in [0.25, 0.3) is 0 Å². The molecule has 0 unspecified atom stereocenters. The zero-order valence-electron chi connectivity index (χ0n) is 9.55. The fourth-order valence-corrected chi connectivity index (χ4v) is 1.40. The predicted octanol–water partition coefficient (Wildman–Crippen LogP) is 2.18. The first-order chi connectivity index (χ1) is 7.19. The van der Waals surface area contributed by atoms with Crippen LogP contribution in [-0.2, 0) is 0 Å². The van der Waals surface area contributed by atoms with Crippen LogP contribution in [0.5, 0.6) is 0 Å². The van der Waals surface area contributed by atoms with Crippen molar-refractivity contribution in [1.82, 2.24) is 5.32 Å². The first-order valence-electron chi connectivity index (χ1n) is 5.25. The standard InChI is InChI=1S/C12H18N2O/c1-4-7-14-12(15)10-8-9(2)5-6-11(10)13-3/h5-6,8,13H,4,7H2,1-3H3,(H,14,15). The van der Waals surface area contributed by atoms with E-state index in [1.807, 2.05) is 39.1 Å². The van der Waals surface area contributed by atoms with E-state index in [0.717, 1.165) is 24.2 Å². The second-order valence-corrected chi connectivity index (χ2v) is 3.55. The molecule has 1 aromatic carbocycles. The van der Waals surface area contributed by atoms with E-state index in [1.165, 1.54) is 0 Å². The van der Waals surface area contributed by atoms with Crippen molar-refractivity contribution < 1.29 is 4.79 Å². The Labute approximate surface area is 90.9 Å². The van der Waals surface area contributed by atoms with Crippen molar-refractivity contribution in [2.75, 3.05) is 18.9 Å². The Bertz CT molecular complexity index is 347. The average Bonchev–Trinajstić information content (AvgIpc) is 2.25. The van der Waals surface area contributed by atoms with Crippen molar-refractivity contribution in [3.05, 3.63) is 29.3 Å². The maximum absolute atomic E-state index is 11.8. The molecule has 15 heavy (non-hydrogen) atoms. The molecule has 0 bridgehead atoms. The molecule has 0 atom stereocenters. The summed E-state index contributed by atoms with van der Waals surface area (Å²) in [7, 11) is 1.82. The summed E-state index contributed by atoms with van der Waals surface area (Å²) in [6, 6.07) is 5.81. The molecular formula is C12H18N2O. The molecule has 2 N–H and O–H groups in total. The molecule has 3 nitrogen and oxygen atoms in total. The topological polar surface area (TPSA) is 41.1 Å². The third-order valence-corrected chi connectivity index (χ3v) is 2.22. The van der Waals surface area contributed by atoms with Gasteiger partial charge < -0.3 is 10.6 Å². The van der Waals surface area contributed by atoms with E-state index in [0.29, 0.717) is 5.56 Å². The van der Waals surface area contributed by atoms with E-state index in [-0.39, 0.29) is 5.91 Å². The molecule has 0 saturated carbocycles. The van der Waals surface area contributed by atoms with Crippen LogP contribution in [0.4, 0.5) is 5.69 Å². The molecule has 1 aromatic rings. The highest BCUT2D eigenvalue weighted by molar-refractivity contribution is 5.99. The van der Waals surface area contributed by atoms with Gasteiger partial charge in [-0.1, -0.05) is 18.6 Å². The number of hydrogen-bond donors (Lipinski definition) is 2. The summed E-state index contributed by atoms with van der Waals surface area (Å²) in [6.45, 7) is 4.74. The molecule has 3 heteroatoms. The van der Waals surface area contributed by atoms with Gasteiger partial charge in [-0.15, -0.1) is 0 Å². The summed E-state index contributed by atoms with van der Waals surface area (Å²) < 4.78 is 0. The molecule has 82 valence electrons. The van der Waals surface area contributed by atoms with Crippen molar-refractivity contribution in [2.24, 2.45) is 0 Å². The van der Waals surface area contributed by atoms with E-state index < -0.39 is 0 Å². The summed E-state index contributed by atoms with van der Waals surface area (Å²) in [5, 5.41) is 5.89. The van der Waals surface area contributed by atoms with E-state index in [4.69, 9.17) is 0 Å². The summed E-state index contributed by atoms with van der Waals surface area (Å²) in [6.07, 6.45) is 0.951. The number of benzene rings is 1. The number of hydrogen-bond acceptors (Lipinski definition) is 2. The Morgan fingerprint density at radius 1 is 1.40 bits per heavy atom. The third kappa shape index (κ3) is 2.98. The Morgan fingerprint density at radius 3 is 2.73 bits per heavy atom. The molecule has 1 rings (SSSR count). The molecule has 0 spiro atoms.